The van der Waals surface area contributed by atoms with Gasteiger partial charge in [0.15, 0.2) is 11.0 Å². The molecule has 0 radical (unpaired) electrons. The lowest BCUT2D eigenvalue weighted by molar-refractivity contribution is -0.118. The van der Waals surface area contributed by atoms with Gasteiger partial charge in [0.2, 0.25) is 5.91 Å². The third-order valence-corrected chi connectivity index (χ3v) is 6.24. The number of carbonyl (C=O) groups excluding carboxylic acids is 2. The van der Waals surface area contributed by atoms with Gasteiger partial charge in [-0.1, -0.05) is 73.6 Å². The summed E-state index contributed by atoms with van der Waals surface area (Å²) in [5.74, 6) is 0.839. The summed E-state index contributed by atoms with van der Waals surface area (Å²) in [6.07, 6.45) is 0. The van der Waals surface area contributed by atoms with Gasteiger partial charge in [0.25, 0.3) is 5.91 Å². The molecule has 0 aliphatic carbocycles. The van der Waals surface area contributed by atoms with Crippen LogP contribution in [0.25, 0.3) is 0 Å². The molecule has 3 rings (SSSR count). The minimum Gasteiger partial charge on any atom is -0.351 e. The third kappa shape index (κ3) is 6.68. The van der Waals surface area contributed by atoms with E-state index >= 15 is 0 Å². The molecule has 2 amide bonds. The van der Waals surface area contributed by atoms with Crippen LogP contribution in [-0.2, 0) is 17.9 Å². The molecular formula is C25H31N5O2S. The monoisotopic (exact) mass is 465 g/mol. The largest absolute Gasteiger partial charge is 0.351 e. The summed E-state index contributed by atoms with van der Waals surface area (Å²) in [4.78, 5) is 25.1. The van der Waals surface area contributed by atoms with Gasteiger partial charge in [-0.05, 0) is 37.5 Å². The highest BCUT2D eigenvalue weighted by atomic mass is 32.2. The molecule has 0 saturated heterocycles. The Balaban J connectivity index is 1.66. The Bertz CT molecular complexity index is 1060. The third-order valence-electron chi connectivity index (χ3n) is 5.27. The highest BCUT2D eigenvalue weighted by Crippen LogP contribution is 2.25. The molecule has 0 aliphatic rings. The van der Waals surface area contributed by atoms with Crippen molar-refractivity contribution in [3.63, 3.8) is 0 Å². The zero-order chi connectivity index (χ0) is 23.8. The van der Waals surface area contributed by atoms with E-state index in [2.05, 4.69) is 20.8 Å². The van der Waals surface area contributed by atoms with Gasteiger partial charge < -0.3 is 15.2 Å². The van der Waals surface area contributed by atoms with Gasteiger partial charge in [-0.3, -0.25) is 9.59 Å². The standard InChI is InChI=1S/C25H31N5O2S/c1-5-30-23(22(17(2)3)27-24(32)20-13-11-18(4)12-14-20)28-29-25(30)33-16-21(31)26-15-19-9-7-6-8-10-19/h6-14,17,22H,5,15-16H2,1-4H3,(H,26,31)(H,27,32)/t22-/m0/s1. The fourth-order valence-corrected chi connectivity index (χ4v) is 4.21. The van der Waals surface area contributed by atoms with Crippen molar-refractivity contribution >= 4 is 23.6 Å². The first-order valence-electron chi connectivity index (χ1n) is 11.1. The number of thioether (sulfide) groups is 1. The summed E-state index contributed by atoms with van der Waals surface area (Å²) >= 11 is 1.35. The maximum atomic E-state index is 12.8. The van der Waals surface area contributed by atoms with E-state index in [-0.39, 0.29) is 29.5 Å². The van der Waals surface area contributed by atoms with Crippen LogP contribution < -0.4 is 10.6 Å². The number of benzene rings is 2. The molecule has 3 aromatic rings. The van der Waals surface area contributed by atoms with E-state index < -0.39 is 0 Å². The van der Waals surface area contributed by atoms with Gasteiger partial charge in [-0.2, -0.15) is 0 Å². The van der Waals surface area contributed by atoms with Crippen molar-refractivity contribution in [1.29, 1.82) is 0 Å². The summed E-state index contributed by atoms with van der Waals surface area (Å²) < 4.78 is 1.97. The van der Waals surface area contributed by atoms with Crippen LogP contribution >= 0.6 is 11.8 Å². The Morgan fingerprint density at radius 1 is 1.03 bits per heavy atom. The van der Waals surface area contributed by atoms with Crippen LogP contribution in [-0.4, -0.2) is 32.3 Å². The van der Waals surface area contributed by atoms with E-state index in [1.54, 1.807) is 0 Å². The molecule has 0 bridgehead atoms. The quantitative estimate of drug-likeness (QED) is 0.439. The van der Waals surface area contributed by atoms with Crippen molar-refractivity contribution in [1.82, 2.24) is 25.4 Å². The van der Waals surface area contributed by atoms with Gasteiger partial charge in [0.1, 0.15) is 0 Å². The first-order chi connectivity index (χ1) is 15.9. The number of hydrogen-bond donors (Lipinski definition) is 2. The second-order valence-electron chi connectivity index (χ2n) is 8.20. The second-order valence-corrected chi connectivity index (χ2v) is 9.14. The molecule has 0 saturated carbocycles. The molecule has 1 aromatic heterocycles. The predicted octanol–water partition coefficient (Wildman–Crippen LogP) is 4.14. The molecule has 7 nitrogen and oxygen atoms in total. The van der Waals surface area contributed by atoms with Crippen molar-refractivity contribution in [3.8, 4) is 0 Å². The molecule has 0 spiro atoms. The minimum absolute atomic E-state index is 0.0656. The zero-order valence-electron chi connectivity index (χ0n) is 19.5. The molecule has 0 fully saturated rings. The van der Waals surface area contributed by atoms with Gasteiger partial charge >= 0.3 is 0 Å². The molecule has 0 unspecified atom stereocenters. The van der Waals surface area contributed by atoms with Crippen LogP contribution in [0.2, 0.25) is 0 Å². The molecule has 0 aliphatic heterocycles. The average Bonchev–Trinajstić information content (AvgIpc) is 3.23. The summed E-state index contributed by atoms with van der Waals surface area (Å²) in [5, 5.41) is 15.4. The molecule has 33 heavy (non-hydrogen) atoms. The molecule has 1 heterocycles. The molecule has 2 N–H and O–H groups in total. The van der Waals surface area contributed by atoms with Gasteiger partial charge in [0, 0.05) is 18.7 Å². The Hall–Kier alpha value is -3.13. The van der Waals surface area contributed by atoms with Crippen LogP contribution in [0.3, 0.4) is 0 Å². The number of aromatic nitrogens is 3. The SMILES string of the molecule is CCn1c(SCC(=O)NCc2ccccc2)nnc1[C@@H](NC(=O)c1ccc(C)cc1)C(C)C. The Kier molecular flexibility index (Phi) is 8.65. The number of rotatable bonds is 10. The maximum absolute atomic E-state index is 12.8. The number of nitrogens with zero attached hydrogens (tertiary/aromatic N) is 3. The predicted molar refractivity (Wildman–Crippen MR) is 131 cm³/mol. The van der Waals surface area contributed by atoms with E-state index in [0.717, 1.165) is 11.1 Å². The summed E-state index contributed by atoms with van der Waals surface area (Å²) in [7, 11) is 0. The zero-order valence-corrected chi connectivity index (χ0v) is 20.4. The van der Waals surface area contributed by atoms with Crippen LogP contribution in [0.5, 0.6) is 0 Å². The molecule has 174 valence electrons. The van der Waals surface area contributed by atoms with Crippen LogP contribution in [0.15, 0.2) is 59.8 Å². The number of hydrogen-bond acceptors (Lipinski definition) is 5. The Labute approximate surface area is 199 Å². The smallest absolute Gasteiger partial charge is 0.251 e. The first kappa shape index (κ1) is 24.5. The van der Waals surface area contributed by atoms with Crippen LogP contribution in [0.4, 0.5) is 0 Å². The highest BCUT2D eigenvalue weighted by Gasteiger charge is 2.26. The Morgan fingerprint density at radius 2 is 1.73 bits per heavy atom. The topological polar surface area (TPSA) is 88.9 Å². The Morgan fingerprint density at radius 3 is 2.36 bits per heavy atom. The summed E-state index contributed by atoms with van der Waals surface area (Å²) in [6, 6.07) is 17.0. The van der Waals surface area contributed by atoms with E-state index in [1.165, 1.54) is 11.8 Å². The van der Waals surface area contributed by atoms with E-state index in [9.17, 15) is 9.59 Å². The lowest BCUT2D eigenvalue weighted by Crippen LogP contribution is -2.33. The normalized spacial score (nSPS) is 11.9. The molecule has 1 atom stereocenters. The van der Waals surface area contributed by atoms with Crippen LogP contribution in [0, 0.1) is 12.8 Å². The molecule has 2 aromatic carbocycles. The fourth-order valence-electron chi connectivity index (χ4n) is 3.37. The molecule has 8 heteroatoms. The number of aryl methyl sites for hydroxylation is 1. The first-order valence-corrected chi connectivity index (χ1v) is 12.1. The van der Waals surface area contributed by atoms with Crippen molar-refractivity contribution < 1.29 is 9.59 Å². The van der Waals surface area contributed by atoms with Gasteiger partial charge in [0.05, 0.1) is 11.8 Å². The second kappa shape index (κ2) is 11.7. The van der Waals surface area contributed by atoms with Crippen molar-refractivity contribution in [2.24, 2.45) is 5.92 Å². The number of nitrogens with one attached hydrogen (secondary N) is 2. The number of carbonyl (C=O) groups is 2. The van der Waals surface area contributed by atoms with Crippen molar-refractivity contribution in [2.75, 3.05) is 5.75 Å². The van der Waals surface area contributed by atoms with Gasteiger partial charge in [-0.25, -0.2) is 0 Å². The number of amides is 2. The molecular weight excluding hydrogens is 434 g/mol. The summed E-state index contributed by atoms with van der Waals surface area (Å²) in [6.45, 7) is 9.21. The van der Waals surface area contributed by atoms with Crippen molar-refractivity contribution in [2.45, 2.75) is 52.0 Å². The highest BCUT2D eigenvalue weighted by molar-refractivity contribution is 7.99. The van der Waals surface area contributed by atoms with E-state index in [4.69, 9.17) is 0 Å². The fraction of sp³-hybridized carbons (Fsp3) is 0.360. The lowest BCUT2D eigenvalue weighted by atomic mass is 10.0. The maximum Gasteiger partial charge on any atom is 0.251 e. The van der Waals surface area contributed by atoms with Gasteiger partial charge in [-0.15, -0.1) is 10.2 Å². The van der Waals surface area contributed by atoms with E-state index in [0.29, 0.717) is 29.6 Å². The minimum atomic E-state index is -0.299. The van der Waals surface area contributed by atoms with Crippen LogP contribution in [0.1, 0.15) is 54.1 Å². The van der Waals surface area contributed by atoms with E-state index in [1.807, 2.05) is 86.9 Å². The summed E-state index contributed by atoms with van der Waals surface area (Å²) in [5.41, 5.74) is 2.77. The average molecular weight is 466 g/mol. The van der Waals surface area contributed by atoms with Crippen molar-refractivity contribution in [3.05, 3.63) is 77.1 Å². The lowest BCUT2D eigenvalue weighted by Gasteiger charge is -2.22.